The number of alkyl halides is 3. The summed E-state index contributed by atoms with van der Waals surface area (Å²) in [5, 5.41) is 10.3. The molecular formula is C14H20F3N3O2. The number of carbonyl (C=O) groups excluding carboxylic acids is 1. The average Bonchev–Trinajstić information content (AvgIpc) is 2.89. The number of likely N-dealkylation sites (tertiary alicyclic amines) is 1. The van der Waals surface area contributed by atoms with Gasteiger partial charge in [0.05, 0.1) is 6.42 Å². The van der Waals surface area contributed by atoms with Crippen LogP contribution in [0.4, 0.5) is 13.2 Å². The molecule has 2 heterocycles. The molecule has 0 saturated carbocycles. The SMILES string of the molecule is Cn1ccnc1C(O)C1CCN(C(=O)CCC(F)(F)F)CC1. The Kier molecular flexibility index (Phi) is 5.10. The predicted octanol–water partition coefficient (Wildman–Crippen LogP) is 2.03. The van der Waals surface area contributed by atoms with Crippen LogP contribution in [-0.2, 0) is 11.8 Å². The molecule has 0 aliphatic carbocycles. The van der Waals surface area contributed by atoms with Crippen molar-refractivity contribution in [3.63, 3.8) is 0 Å². The molecule has 1 amide bonds. The predicted molar refractivity (Wildman–Crippen MR) is 72.8 cm³/mol. The zero-order valence-electron chi connectivity index (χ0n) is 12.4. The van der Waals surface area contributed by atoms with Gasteiger partial charge >= 0.3 is 6.18 Å². The number of aliphatic hydroxyl groups excluding tert-OH is 1. The zero-order valence-corrected chi connectivity index (χ0v) is 12.4. The highest BCUT2D eigenvalue weighted by Crippen LogP contribution is 2.30. The third kappa shape index (κ3) is 4.22. The number of amides is 1. The zero-order chi connectivity index (χ0) is 16.3. The van der Waals surface area contributed by atoms with Crippen LogP contribution in [0.2, 0.25) is 0 Å². The summed E-state index contributed by atoms with van der Waals surface area (Å²) < 4.78 is 38.1. The van der Waals surface area contributed by atoms with Crippen molar-refractivity contribution in [2.24, 2.45) is 13.0 Å². The maximum Gasteiger partial charge on any atom is 0.389 e. The summed E-state index contributed by atoms with van der Waals surface area (Å²) in [5.41, 5.74) is 0. The number of hydrogen-bond acceptors (Lipinski definition) is 3. The molecule has 2 rings (SSSR count). The lowest BCUT2D eigenvalue weighted by Gasteiger charge is -2.34. The highest BCUT2D eigenvalue weighted by Gasteiger charge is 2.32. The maximum atomic E-state index is 12.1. The van der Waals surface area contributed by atoms with Gasteiger partial charge in [-0.2, -0.15) is 13.2 Å². The Balaban J connectivity index is 1.83. The molecule has 1 aliphatic heterocycles. The summed E-state index contributed by atoms with van der Waals surface area (Å²) in [6.07, 6.45) is -2.13. The van der Waals surface area contributed by atoms with Crippen molar-refractivity contribution in [3.05, 3.63) is 18.2 Å². The second-order valence-corrected chi connectivity index (χ2v) is 5.67. The molecule has 0 bridgehead atoms. The second kappa shape index (κ2) is 6.68. The Morgan fingerprint density at radius 2 is 2.09 bits per heavy atom. The Hall–Kier alpha value is -1.57. The molecule has 8 heteroatoms. The first-order valence-electron chi connectivity index (χ1n) is 7.28. The third-order valence-electron chi connectivity index (χ3n) is 4.08. The minimum Gasteiger partial charge on any atom is -0.385 e. The van der Waals surface area contributed by atoms with Gasteiger partial charge in [-0.15, -0.1) is 0 Å². The number of imidazole rings is 1. The lowest BCUT2D eigenvalue weighted by molar-refractivity contribution is -0.150. The second-order valence-electron chi connectivity index (χ2n) is 5.67. The van der Waals surface area contributed by atoms with Gasteiger partial charge in [0.1, 0.15) is 11.9 Å². The van der Waals surface area contributed by atoms with E-state index in [1.165, 1.54) is 4.90 Å². The lowest BCUT2D eigenvalue weighted by atomic mass is 9.90. The van der Waals surface area contributed by atoms with Crippen LogP contribution < -0.4 is 0 Å². The molecule has 1 N–H and O–H groups in total. The van der Waals surface area contributed by atoms with Crippen molar-refractivity contribution in [1.82, 2.24) is 14.5 Å². The molecule has 1 fully saturated rings. The van der Waals surface area contributed by atoms with Crippen molar-refractivity contribution in [1.29, 1.82) is 0 Å². The van der Waals surface area contributed by atoms with Gasteiger partial charge < -0.3 is 14.6 Å². The first-order chi connectivity index (χ1) is 10.3. The molecule has 1 aliphatic rings. The van der Waals surface area contributed by atoms with Crippen molar-refractivity contribution in [2.75, 3.05) is 13.1 Å². The molecule has 0 radical (unpaired) electrons. The third-order valence-corrected chi connectivity index (χ3v) is 4.08. The van der Waals surface area contributed by atoms with Gasteiger partial charge in [0.15, 0.2) is 0 Å². The highest BCUT2D eigenvalue weighted by atomic mass is 19.4. The number of aryl methyl sites for hydroxylation is 1. The summed E-state index contributed by atoms with van der Waals surface area (Å²) in [5.74, 6) is 0.0665. The Morgan fingerprint density at radius 1 is 1.45 bits per heavy atom. The standard InChI is InChI=1S/C14H20F3N3O2/c1-19-9-6-18-13(19)12(22)10-3-7-20(8-4-10)11(21)2-5-14(15,16)17/h6,9-10,12,22H,2-5,7-8H2,1H3. The van der Waals surface area contributed by atoms with E-state index < -0.39 is 31.0 Å². The van der Waals surface area contributed by atoms with Gasteiger partial charge in [0.25, 0.3) is 0 Å². The van der Waals surface area contributed by atoms with E-state index in [0.29, 0.717) is 31.8 Å². The molecule has 1 aromatic rings. The molecule has 22 heavy (non-hydrogen) atoms. The summed E-state index contributed by atoms with van der Waals surface area (Å²) in [7, 11) is 1.79. The number of halogens is 3. The number of carbonyl (C=O) groups is 1. The van der Waals surface area contributed by atoms with E-state index in [2.05, 4.69) is 4.98 Å². The van der Waals surface area contributed by atoms with E-state index in [-0.39, 0.29) is 5.92 Å². The van der Waals surface area contributed by atoms with Crippen LogP contribution in [0.5, 0.6) is 0 Å². The highest BCUT2D eigenvalue weighted by molar-refractivity contribution is 5.76. The van der Waals surface area contributed by atoms with Crippen LogP contribution in [0, 0.1) is 5.92 Å². The van der Waals surface area contributed by atoms with Gasteiger partial charge in [-0.1, -0.05) is 0 Å². The molecule has 0 aromatic carbocycles. The normalized spacial score (nSPS) is 18.5. The number of rotatable bonds is 4. The first kappa shape index (κ1) is 16.8. The summed E-state index contributed by atoms with van der Waals surface area (Å²) in [6, 6.07) is 0. The summed E-state index contributed by atoms with van der Waals surface area (Å²) in [4.78, 5) is 17.3. The van der Waals surface area contributed by atoms with Gasteiger partial charge in [0, 0.05) is 39.0 Å². The van der Waals surface area contributed by atoms with E-state index in [9.17, 15) is 23.1 Å². The van der Waals surface area contributed by atoms with Crippen molar-refractivity contribution >= 4 is 5.91 Å². The van der Waals surface area contributed by atoms with Crippen LogP contribution in [-0.4, -0.2) is 44.7 Å². The Morgan fingerprint density at radius 3 is 2.59 bits per heavy atom. The fraction of sp³-hybridized carbons (Fsp3) is 0.714. The average molecular weight is 319 g/mol. The smallest absolute Gasteiger partial charge is 0.385 e. The maximum absolute atomic E-state index is 12.1. The lowest BCUT2D eigenvalue weighted by Crippen LogP contribution is -2.40. The van der Waals surface area contributed by atoms with Crippen LogP contribution in [0.3, 0.4) is 0 Å². The van der Waals surface area contributed by atoms with Gasteiger partial charge in [-0.25, -0.2) is 4.98 Å². The fourth-order valence-electron chi connectivity index (χ4n) is 2.74. The fourth-order valence-corrected chi connectivity index (χ4v) is 2.74. The number of hydrogen-bond donors (Lipinski definition) is 1. The van der Waals surface area contributed by atoms with Crippen LogP contribution >= 0.6 is 0 Å². The molecular weight excluding hydrogens is 299 g/mol. The van der Waals surface area contributed by atoms with Gasteiger partial charge in [-0.05, 0) is 18.8 Å². The molecule has 1 atom stereocenters. The number of aliphatic hydroxyl groups is 1. The number of piperidine rings is 1. The Bertz CT molecular complexity index is 508. The summed E-state index contributed by atoms with van der Waals surface area (Å²) in [6.45, 7) is 0.756. The molecule has 1 unspecified atom stereocenters. The quantitative estimate of drug-likeness (QED) is 0.924. The van der Waals surface area contributed by atoms with E-state index in [1.54, 1.807) is 24.0 Å². The van der Waals surface area contributed by atoms with Crippen molar-refractivity contribution in [2.45, 2.75) is 38.0 Å². The number of nitrogens with zero attached hydrogens (tertiary/aromatic N) is 3. The van der Waals surface area contributed by atoms with E-state index in [4.69, 9.17) is 0 Å². The molecule has 1 saturated heterocycles. The monoisotopic (exact) mass is 319 g/mol. The Labute approximate surface area is 126 Å². The van der Waals surface area contributed by atoms with Crippen LogP contribution in [0.15, 0.2) is 12.4 Å². The topological polar surface area (TPSA) is 58.4 Å². The van der Waals surface area contributed by atoms with Crippen LogP contribution in [0.1, 0.15) is 37.6 Å². The van der Waals surface area contributed by atoms with E-state index in [0.717, 1.165) is 0 Å². The van der Waals surface area contributed by atoms with E-state index >= 15 is 0 Å². The van der Waals surface area contributed by atoms with Gasteiger partial charge in [-0.3, -0.25) is 4.79 Å². The molecule has 0 spiro atoms. The minimum absolute atomic E-state index is 0.0345. The molecule has 124 valence electrons. The van der Waals surface area contributed by atoms with Crippen molar-refractivity contribution in [3.8, 4) is 0 Å². The number of aromatic nitrogens is 2. The summed E-state index contributed by atoms with van der Waals surface area (Å²) >= 11 is 0. The molecule has 1 aromatic heterocycles. The van der Waals surface area contributed by atoms with E-state index in [1.807, 2.05) is 0 Å². The first-order valence-corrected chi connectivity index (χ1v) is 7.28. The van der Waals surface area contributed by atoms with Crippen molar-refractivity contribution < 1.29 is 23.1 Å². The molecule has 5 nitrogen and oxygen atoms in total. The van der Waals surface area contributed by atoms with Crippen LogP contribution in [0.25, 0.3) is 0 Å². The van der Waals surface area contributed by atoms with Gasteiger partial charge in [0.2, 0.25) is 5.91 Å². The minimum atomic E-state index is -4.30. The largest absolute Gasteiger partial charge is 0.389 e.